The van der Waals surface area contributed by atoms with Crippen LogP contribution >= 0.6 is 0 Å². The summed E-state index contributed by atoms with van der Waals surface area (Å²) in [6.07, 6.45) is 1.44. The molecule has 0 bridgehead atoms. The van der Waals surface area contributed by atoms with E-state index in [4.69, 9.17) is 5.11 Å². The van der Waals surface area contributed by atoms with Gasteiger partial charge < -0.3 is 10.0 Å². The maximum Gasteiger partial charge on any atom is 0.326 e. The number of β-lactam (4-membered cyclic amide) rings is 1. The molecular weight excluding hydrogens is 170 g/mol. The van der Waals surface area contributed by atoms with E-state index in [9.17, 15) is 9.59 Å². The van der Waals surface area contributed by atoms with E-state index in [-0.39, 0.29) is 17.4 Å². The highest BCUT2D eigenvalue weighted by Crippen LogP contribution is 2.47. The van der Waals surface area contributed by atoms with Crippen molar-refractivity contribution in [2.24, 2.45) is 5.41 Å². The first-order chi connectivity index (χ1) is 5.96. The Kier molecular flexibility index (Phi) is 1.47. The van der Waals surface area contributed by atoms with Gasteiger partial charge in [-0.1, -0.05) is 0 Å². The smallest absolute Gasteiger partial charge is 0.326 e. The van der Waals surface area contributed by atoms with Crippen LogP contribution in [0.5, 0.6) is 0 Å². The predicted molar refractivity (Wildman–Crippen MR) is 45.1 cm³/mol. The number of aliphatic carboxylic acids is 1. The van der Waals surface area contributed by atoms with Gasteiger partial charge in [-0.3, -0.25) is 4.79 Å². The molecule has 0 aromatic rings. The number of carbonyl (C=O) groups is 2. The zero-order chi connectivity index (χ0) is 9.80. The summed E-state index contributed by atoms with van der Waals surface area (Å²) in [5, 5.41) is 8.83. The third kappa shape index (κ3) is 0.857. The first kappa shape index (κ1) is 8.53. The van der Waals surface area contributed by atoms with Gasteiger partial charge in [-0.25, -0.2) is 4.79 Å². The minimum atomic E-state index is -0.869. The van der Waals surface area contributed by atoms with Gasteiger partial charge in [0.05, 0.1) is 5.41 Å². The first-order valence-corrected chi connectivity index (χ1v) is 4.52. The topological polar surface area (TPSA) is 57.6 Å². The van der Waals surface area contributed by atoms with Gasteiger partial charge in [0.2, 0.25) is 5.91 Å². The molecule has 72 valence electrons. The zero-order valence-corrected chi connectivity index (χ0v) is 7.78. The van der Waals surface area contributed by atoms with Gasteiger partial charge in [0, 0.05) is 6.04 Å². The van der Waals surface area contributed by atoms with Crippen molar-refractivity contribution in [1.82, 2.24) is 4.90 Å². The molecule has 4 nitrogen and oxygen atoms in total. The SMILES string of the molecule is CC1(C)C(=O)N2C(C(=O)O)CCC21. The van der Waals surface area contributed by atoms with Crippen LogP contribution in [0.3, 0.4) is 0 Å². The summed E-state index contributed by atoms with van der Waals surface area (Å²) in [6, 6.07) is -0.411. The summed E-state index contributed by atoms with van der Waals surface area (Å²) >= 11 is 0. The van der Waals surface area contributed by atoms with Crippen molar-refractivity contribution in [2.45, 2.75) is 38.8 Å². The summed E-state index contributed by atoms with van der Waals surface area (Å²) in [6.45, 7) is 3.78. The fraction of sp³-hybridized carbons (Fsp3) is 0.778. The lowest BCUT2D eigenvalue weighted by atomic mass is 9.74. The van der Waals surface area contributed by atoms with E-state index < -0.39 is 12.0 Å². The van der Waals surface area contributed by atoms with Gasteiger partial charge in [-0.15, -0.1) is 0 Å². The molecule has 2 unspecified atom stereocenters. The van der Waals surface area contributed by atoms with Crippen LogP contribution in [-0.2, 0) is 9.59 Å². The Bertz CT molecular complexity index is 285. The van der Waals surface area contributed by atoms with Crippen molar-refractivity contribution in [1.29, 1.82) is 0 Å². The number of carboxylic acid groups (broad SMARTS) is 1. The molecule has 0 radical (unpaired) electrons. The Morgan fingerprint density at radius 1 is 1.54 bits per heavy atom. The molecule has 13 heavy (non-hydrogen) atoms. The summed E-state index contributed by atoms with van der Waals surface area (Å²) in [5.74, 6) is -0.881. The molecule has 2 atom stereocenters. The maximum atomic E-state index is 11.5. The van der Waals surface area contributed by atoms with Crippen LogP contribution in [0.15, 0.2) is 0 Å². The molecule has 2 heterocycles. The minimum absolute atomic E-state index is 0.0117. The Morgan fingerprint density at radius 3 is 2.69 bits per heavy atom. The lowest BCUT2D eigenvalue weighted by molar-refractivity contribution is -0.172. The van der Waals surface area contributed by atoms with E-state index in [2.05, 4.69) is 0 Å². The summed E-state index contributed by atoms with van der Waals surface area (Å²) in [4.78, 5) is 23.8. The van der Waals surface area contributed by atoms with Gasteiger partial charge in [-0.2, -0.15) is 0 Å². The molecule has 1 amide bonds. The fourth-order valence-corrected chi connectivity index (χ4v) is 2.45. The van der Waals surface area contributed by atoms with Gasteiger partial charge >= 0.3 is 5.97 Å². The number of hydrogen-bond acceptors (Lipinski definition) is 2. The number of rotatable bonds is 1. The second-order valence-electron chi connectivity index (χ2n) is 4.38. The van der Waals surface area contributed by atoms with Gasteiger partial charge in [-0.05, 0) is 26.7 Å². The molecule has 0 aromatic carbocycles. The lowest BCUT2D eigenvalue weighted by Crippen LogP contribution is -2.66. The Hall–Kier alpha value is -1.06. The summed E-state index contributed by atoms with van der Waals surface area (Å²) in [5.41, 5.74) is -0.329. The first-order valence-electron chi connectivity index (χ1n) is 4.52. The molecule has 0 aliphatic carbocycles. The van der Waals surface area contributed by atoms with E-state index in [0.717, 1.165) is 6.42 Å². The third-order valence-corrected chi connectivity index (χ3v) is 3.29. The molecule has 2 aliphatic rings. The van der Waals surface area contributed by atoms with Crippen molar-refractivity contribution in [3.63, 3.8) is 0 Å². The average molecular weight is 183 g/mol. The molecular formula is C9H13NO3. The van der Waals surface area contributed by atoms with Crippen molar-refractivity contribution in [3.05, 3.63) is 0 Å². The highest BCUT2D eigenvalue weighted by atomic mass is 16.4. The van der Waals surface area contributed by atoms with Gasteiger partial charge in [0.15, 0.2) is 0 Å². The molecule has 2 fully saturated rings. The van der Waals surface area contributed by atoms with Crippen LogP contribution in [0.4, 0.5) is 0 Å². The van der Waals surface area contributed by atoms with Crippen molar-refractivity contribution >= 4 is 11.9 Å². The monoisotopic (exact) mass is 183 g/mol. The number of nitrogens with zero attached hydrogens (tertiary/aromatic N) is 1. The Balaban J connectivity index is 2.22. The molecule has 0 spiro atoms. The standard InChI is InChI=1S/C9H13NO3/c1-9(2)6-4-3-5(7(11)12)10(6)8(9)13/h5-6H,3-4H2,1-2H3,(H,11,12). The van der Waals surface area contributed by atoms with Crippen LogP contribution < -0.4 is 0 Å². The average Bonchev–Trinajstić information content (AvgIpc) is 2.45. The number of hydrogen-bond donors (Lipinski definition) is 1. The van der Waals surface area contributed by atoms with Crippen LogP contribution in [-0.4, -0.2) is 34.0 Å². The second kappa shape index (κ2) is 2.25. The molecule has 1 N–H and O–H groups in total. The minimum Gasteiger partial charge on any atom is -0.480 e. The maximum absolute atomic E-state index is 11.5. The molecule has 0 saturated carbocycles. The molecule has 2 rings (SSSR count). The molecule has 2 aliphatic heterocycles. The number of amides is 1. The van der Waals surface area contributed by atoms with E-state index in [1.54, 1.807) is 0 Å². The van der Waals surface area contributed by atoms with Crippen molar-refractivity contribution in [2.75, 3.05) is 0 Å². The van der Waals surface area contributed by atoms with E-state index >= 15 is 0 Å². The Morgan fingerprint density at radius 2 is 2.15 bits per heavy atom. The van der Waals surface area contributed by atoms with Crippen LogP contribution in [0.25, 0.3) is 0 Å². The van der Waals surface area contributed by atoms with E-state index in [0.29, 0.717) is 6.42 Å². The van der Waals surface area contributed by atoms with E-state index in [1.807, 2.05) is 13.8 Å². The van der Waals surface area contributed by atoms with Crippen molar-refractivity contribution < 1.29 is 14.7 Å². The van der Waals surface area contributed by atoms with Gasteiger partial charge in [0.1, 0.15) is 6.04 Å². The molecule has 4 heteroatoms. The predicted octanol–water partition coefficient (Wildman–Crippen LogP) is 0.470. The quantitative estimate of drug-likeness (QED) is 0.601. The Labute approximate surface area is 76.5 Å². The fourth-order valence-electron chi connectivity index (χ4n) is 2.45. The second-order valence-corrected chi connectivity index (χ2v) is 4.38. The summed E-state index contributed by atoms with van der Waals surface area (Å²) < 4.78 is 0. The highest BCUT2D eigenvalue weighted by Gasteiger charge is 2.60. The third-order valence-electron chi connectivity index (χ3n) is 3.29. The molecule has 2 saturated heterocycles. The van der Waals surface area contributed by atoms with E-state index in [1.165, 1.54) is 4.90 Å². The van der Waals surface area contributed by atoms with Crippen LogP contribution in [0.1, 0.15) is 26.7 Å². The van der Waals surface area contributed by atoms with Crippen molar-refractivity contribution in [3.8, 4) is 0 Å². The number of fused-ring (bicyclic) bond motifs is 1. The molecule has 0 aromatic heterocycles. The van der Waals surface area contributed by atoms with Gasteiger partial charge in [0.25, 0.3) is 0 Å². The summed E-state index contributed by atoms with van der Waals surface area (Å²) in [7, 11) is 0. The largest absolute Gasteiger partial charge is 0.480 e. The van der Waals surface area contributed by atoms with Crippen LogP contribution in [0.2, 0.25) is 0 Å². The number of carboxylic acids is 1. The zero-order valence-electron chi connectivity index (χ0n) is 7.78. The lowest BCUT2D eigenvalue weighted by Gasteiger charge is -2.50. The highest BCUT2D eigenvalue weighted by molar-refractivity contribution is 5.94. The van der Waals surface area contributed by atoms with Crippen LogP contribution in [0, 0.1) is 5.41 Å². The number of carbonyl (C=O) groups excluding carboxylic acids is 1. The normalized spacial score (nSPS) is 35.5.